The molecule has 12 heteroatoms. The second-order valence-corrected chi connectivity index (χ2v) is 13.8. The molecular formula is C36H52N2O10. The molecule has 266 valence electrons. The number of nitrogens with zero attached hydrogens (tertiary/aromatic N) is 2. The van der Waals surface area contributed by atoms with Crippen LogP contribution in [0.15, 0.2) is 60.7 Å². The van der Waals surface area contributed by atoms with Crippen LogP contribution in [0.25, 0.3) is 0 Å². The second kappa shape index (κ2) is 17.3. The molecule has 0 aromatic heterocycles. The average molecular weight is 673 g/mol. The van der Waals surface area contributed by atoms with Crippen molar-refractivity contribution in [2.75, 3.05) is 40.9 Å². The van der Waals surface area contributed by atoms with Crippen molar-refractivity contribution in [3.63, 3.8) is 0 Å². The molecule has 0 aliphatic carbocycles. The van der Waals surface area contributed by atoms with E-state index < -0.39 is 46.4 Å². The van der Waals surface area contributed by atoms with E-state index in [1.54, 1.807) is 55.4 Å². The van der Waals surface area contributed by atoms with Crippen LogP contribution < -0.4 is 0 Å². The fourth-order valence-corrected chi connectivity index (χ4v) is 4.81. The Balaban J connectivity index is 2.31. The molecule has 0 fully saturated rings. The Morgan fingerprint density at radius 1 is 0.542 bits per heavy atom. The highest BCUT2D eigenvalue weighted by atomic mass is 16.6. The molecule has 0 saturated heterocycles. The van der Waals surface area contributed by atoms with Gasteiger partial charge < -0.3 is 28.4 Å². The first kappa shape index (κ1) is 40.0. The van der Waals surface area contributed by atoms with Gasteiger partial charge in [-0.2, -0.15) is 0 Å². The molecule has 2 aromatic carbocycles. The number of ether oxygens (including phenoxy) is 6. The van der Waals surface area contributed by atoms with Crippen molar-refractivity contribution in [2.24, 2.45) is 0 Å². The molecule has 2 unspecified atom stereocenters. The molecule has 48 heavy (non-hydrogen) atoms. The molecule has 2 atom stereocenters. The molecule has 2 rings (SSSR count). The van der Waals surface area contributed by atoms with E-state index in [1.807, 2.05) is 60.7 Å². The van der Waals surface area contributed by atoms with Crippen LogP contribution in [0.2, 0.25) is 0 Å². The van der Waals surface area contributed by atoms with E-state index in [0.29, 0.717) is 0 Å². The minimum Gasteiger partial charge on any atom is -0.460 e. The lowest BCUT2D eigenvalue weighted by Crippen LogP contribution is -2.59. The lowest BCUT2D eigenvalue weighted by molar-refractivity contribution is -0.168. The minimum absolute atomic E-state index is 0.0894. The maximum Gasteiger partial charge on any atom is 0.413 e. The molecule has 0 aliphatic rings. The van der Waals surface area contributed by atoms with E-state index in [9.17, 15) is 19.2 Å². The Morgan fingerprint density at radius 3 is 1.12 bits per heavy atom. The highest BCUT2D eigenvalue weighted by Gasteiger charge is 2.47. The Hall–Kier alpha value is -4.16. The molecule has 0 saturated carbocycles. The first-order valence-corrected chi connectivity index (χ1v) is 15.8. The number of hydrogen-bond donors (Lipinski definition) is 0. The molecule has 0 aliphatic heterocycles. The zero-order valence-corrected chi connectivity index (χ0v) is 30.0. The third-order valence-electron chi connectivity index (χ3n) is 7.15. The van der Waals surface area contributed by atoms with Gasteiger partial charge in [0.15, 0.2) is 0 Å². The van der Waals surface area contributed by atoms with Crippen LogP contribution in [0.5, 0.6) is 0 Å². The van der Waals surface area contributed by atoms with Gasteiger partial charge in [0, 0.05) is 27.1 Å². The molecule has 2 aromatic rings. The van der Waals surface area contributed by atoms with E-state index in [4.69, 9.17) is 28.4 Å². The summed E-state index contributed by atoms with van der Waals surface area (Å²) >= 11 is 0. The van der Waals surface area contributed by atoms with Crippen molar-refractivity contribution in [1.82, 2.24) is 9.80 Å². The molecule has 2 amide bonds. The van der Waals surface area contributed by atoms with Gasteiger partial charge in [-0.1, -0.05) is 60.7 Å². The normalized spacial score (nSPS) is 14.1. The van der Waals surface area contributed by atoms with Crippen LogP contribution in [0.1, 0.15) is 66.5 Å². The van der Waals surface area contributed by atoms with Gasteiger partial charge in [-0.15, -0.1) is 0 Å². The molecule has 0 bridgehead atoms. The maximum atomic E-state index is 13.8. The fraction of sp³-hybridized carbons (Fsp3) is 0.556. The van der Waals surface area contributed by atoms with Gasteiger partial charge in [0.05, 0.1) is 0 Å². The van der Waals surface area contributed by atoms with Crippen molar-refractivity contribution >= 4 is 24.1 Å². The van der Waals surface area contributed by atoms with E-state index in [2.05, 4.69) is 0 Å². The van der Waals surface area contributed by atoms with E-state index in [0.717, 1.165) is 11.1 Å². The van der Waals surface area contributed by atoms with Gasteiger partial charge in [0.2, 0.25) is 0 Å². The van der Waals surface area contributed by atoms with E-state index in [-0.39, 0.29) is 39.5 Å². The zero-order chi connectivity index (χ0) is 36.2. The lowest BCUT2D eigenvalue weighted by Gasteiger charge is -2.40. The van der Waals surface area contributed by atoms with E-state index in [1.165, 1.54) is 24.0 Å². The van der Waals surface area contributed by atoms with Crippen molar-refractivity contribution in [3.8, 4) is 0 Å². The average Bonchev–Trinajstić information content (AvgIpc) is 2.99. The number of methoxy groups -OCH3 is 2. The van der Waals surface area contributed by atoms with E-state index >= 15 is 0 Å². The minimum atomic E-state index is -1.56. The smallest absolute Gasteiger partial charge is 0.413 e. The van der Waals surface area contributed by atoms with Crippen LogP contribution in [0.4, 0.5) is 9.59 Å². The predicted octanol–water partition coefficient (Wildman–Crippen LogP) is 5.76. The largest absolute Gasteiger partial charge is 0.460 e. The number of rotatable bonds is 15. The molecule has 12 nitrogen and oxygen atoms in total. The third-order valence-corrected chi connectivity index (χ3v) is 7.15. The summed E-state index contributed by atoms with van der Waals surface area (Å²) in [5.41, 5.74) is -3.25. The fourth-order valence-electron chi connectivity index (χ4n) is 4.81. The Bertz CT molecular complexity index is 1240. The molecular weight excluding hydrogens is 620 g/mol. The standard InChI is InChI=1S/C36H52N2O10/c1-33(2,3)47-31(41)37(25-43-9)35(7,23-27-17-13-11-14-18-27)29(39)45-21-22-46-30(40)36(8,24-28-19-15-12-16-20-28)38(26-44-10)32(42)48-34(4,5)6/h11-20H,21-26H2,1-10H3. The quantitative estimate of drug-likeness (QED) is 0.0997. The Morgan fingerprint density at radius 2 is 0.854 bits per heavy atom. The van der Waals surface area contributed by atoms with Crippen LogP contribution in [0.3, 0.4) is 0 Å². The van der Waals surface area contributed by atoms with Crippen molar-refractivity contribution in [3.05, 3.63) is 71.8 Å². The summed E-state index contributed by atoms with van der Waals surface area (Å²) in [5.74, 6) is -1.51. The van der Waals surface area contributed by atoms with Gasteiger partial charge in [-0.25, -0.2) is 19.2 Å². The number of carbonyl (C=O) groups is 4. The molecule has 0 heterocycles. The maximum absolute atomic E-state index is 13.8. The summed E-state index contributed by atoms with van der Waals surface area (Å²) in [4.78, 5) is 56.6. The van der Waals surface area contributed by atoms with Gasteiger partial charge >= 0.3 is 24.1 Å². The predicted molar refractivity (Wildman–Crippen MR) is 179 cm³/mol. The second-order valence-electron chi connectivity index (χ2n) is 13.8. The lowest BCUT2D eigenvalue weighted by atomic mass is 9.91. The summed E-state index contributed by atoms with van der Waals surface area (Å²) in [6.45, 7) is 12.3. The number of esters is 2. The summed E-state index contributed by atoms with van der Waals surface area (Å²) in [6, 6.07) is 18.3. The molecule has 0 N–H and O–H groups in total. The van der Waals surface area contributed by atoms with Crippen LogP contribution in [-0.2, 0) is 50.9 Å². The Kier molecular flexibility index (Phi) is 14.4. The summed E-state index contributed by atoms with van der Waals surface area (Å²) in [6.07, 6.45) is -1.34. The van der Waals surface area contributed by atoms with Gasteiger partial charge in [-0.05, 0) is 66.5 Å². The summed E-state index contributed by atoms with van der Waals surface area (Å²) < 4.78 is 33.1. The number of amides is 2. The van der Waals surface area contributed by atoms with Crippen LogP contribution >= 0.6 is 0 Å². The van der Waals surface area contributed by atoms with Crippen molar-refractivity contribution in [1.29, 1.82) is 0 Å². The SMILES string of the molecule is COCN(C(=O)OC(C)(C)C)C(C)(Cc1ccccc1)C(=O)OCCOC(=O)C(C)(Cc1ccccc1)N(COC)C(=O)OC(C)(C)C. The van der Waals surface area contributed by atoms with Crippen LogP contribution in [-0.4, -0.2) is 97.1 Å². The summed E-state index contributed by atoms with van der Waals surface area (Å²) in [7, 11) is 2.81. The van der Waals surface area contributed by atoms with Crippen molar-refractivity contribution < 1.29 is 47.6 Å². The van der Waals surface area contributed by atoms with Gasteiger partial charge in [0.25, 0.3) is 0 Å². The molecule has 0 radical (unpaired) electrons. The monoisotopic (exact) mass is 672 g/mol. The highest BCUT2D eigenvalue weighted by molar-refractivity contribution is 5.87. The number of carbonyl (C=O) groups excluding carboxylic acids is 4. The first-order chi connectivity index (χ1) is 22.4. The van der Waals surface area contributed by atoms with Gasteiger partial charge in [-0.3, -0.25) is 9.80 Å². The Labute approximate surface area is 284 Å². The number of benzene rings is 2. The highest BCUT2D eigenvalue weighted by Crippen LogP contribution is 2.28. The number of hydrogen-bond acceptors (Lipinski definition) is 10. The molecule has 0 spiro atoms. The van der Waals surface area contributed by atoms with Crippen LogP contribution in [0, 0.1) is 0 Å². The first-order valence-electron chi connectivity index (χ1n) is 15.8. The zero-order valence-electron chi connectivity index (χ0n) is 30.0. The van der Waals surface area contributed by atoms with Gasteiger partial charge in [0.1, 0.15) is 49.0 Å². The third kappa shape index (κ3) is 11.8. The van der Waals surface area contributed by atoms with Crippen molar-refractivity contribution in [2.45, 2.75) is 90.5 Å². The topological polar surface area (TPSA) is 130 Å². The summed E-state index contributed by atoms with van der Waals surface area (Å²) in [5, 5.41) is 0.